The highest BCUT2D eigenvalue weighted by molar-refractivity contribution is 5.83. The van der Waals surface area contributed by atoms with Crippen molar-refractivity contribution in [2.75, 3.05) is 0 Å². The third-order valence-corrected chi connectivity index (χ3v) is 2.74. The Hall–Kier alpha value is -1.93. The minimum absolute atomic E-state index is 0.0267. The molecule has 1 atom stereocenters. The van der Waals surface area contributed by atoms with E-state index in [9.17, 15) is 0 Å². The highest BCUT2D eigenvalue weighted by atomic mass is 15.2. The van der Waals surface area contributed by atoms with Crippen molar-refractivity contribution < 1.29 is 0 Å². The second kappa shape index (κ2) is 4.29. The lowest BCUT2D eigenvalue weighted by molar-refractivity contribution is 0.602. The summed E-state index contributed by atoms with van der Waals surface area (Å²) in [7, 11) is 0. The lowest BCUT2D eigenvalue weighted by Gasteiger charge is -2.08. The van der Waals surface area contributed by atoms with Crippen LogP contribution in [0, 0.1) is 6.92 Å². The lowest BCUT2D eigenvalue weighted by Crippen LogP contribution is -2.08. The van der Waals surface area contributed by atoms with Crippen LogP contribution in [0.3, 0.4) is 0 Å². The second-order valence-electron chi connectivity index (χ2n) is 4.03. The zero-order valence-electron chi connectivity index (χ0n) is 9.46. The van der Waals surface area contributed by atoms with Crippen LogP contribution in [0.15, 0.2) is 35.6 Å². The Morgan fingerprint density at radius 1 is 1.44 bits per heavy atom. The molecule has 0 saturated carbocycles. The third kappa shape index (κ3) is 1.88. The van der Waals surface area contributed by atoms with Gasteiger partial charge in [0, 0.05) is 28.6 Å². The summed E-state index contributed by atoms with van der Waals surface area (Å²) in [6.07, 6.45) is 2.04. The summed E-state index contributed by atoms with van der Waals surface area (Å²) < 4.78 is 2.13. The van der Waals surface area contributed by atoms with Crippen molar-refractivity contribution in [3.63, 3.8) is 0 Å². The van der Waals surface area contributed by atoms with Crippen LogP contribution in [0.5, 0.6) is 0 Å². The van der Waals surface area contributed by atoms with E-state index in [-0.39, 0.29) is 6.04 Å². The number of nitrogens with zero attached hydrogens (tertiary/aromatic N) is 4. The van der Waals surface area contributed by atoms with Gasteiger partial charge in [0.15, 0.2) is 0 Å². The van der Waals surface area contributed by atoms with Gasteiger partial charge in [-0.15, -0.1) is 0 Å². The number of fused-ring (bicyclic) bond motifs is 1. The summed E-state index contributed by atoms with van der Waals surface area (Å²) in [6, 6.07) is 8.32. The van der Waals surface area contributed by atoms with Gasteiger partial charge in [-0.1, -0.05) is 24.2 Å². The first-order valence-corrected chi connectivity index (χ1v) is 5.31. The summed E-state index contributed by atoms with van der Waals surface area (Å²) in [6.45, 7) is 4.74. The first-order chi connectivity index (χ1) is 7.72. The van der Waals surface area contributed by atoms with Crippen molar-refractivity contribution in [2.45, 2.75) is 26.4 Å². The maximum absolute atomic E-state index is 8.37. The molecule has 82 valence electrons. The molecule has 0 radical (unpaired) electrons. The molecule has 2 rings (SSSR count). The molecule has 0 fully saturated rings. The molecule has 0 aliphatic heterocycles. The van der Waals surface area contributed by atoms with Gasteiger partial charge in [0.05, 0.1) is 6.04 Å². The Kier molecular flexibility index (Phi) is 2.84. The quantitative estimate of drug-likeness (QED) is 0.425. The van der Waals surface area contributed by atoms with Gasteiger partial charge < -0.3 is 4.57 Å². The molecule has 0 bridgehead atoms. The molecule has 4 heteroatoms. The summed E-state index contributed by atoms with van der Waals surface area (Å²) >= 11 is 0. The predicted molar refractivity (Wildman–Crippen MR) is 65.3 cm³/mol. The fourth-order valence-electron chi connectivity index (χ4n) is 1.95. The highest BCUT2D eigenvalue weighted by Crippen LogP contribution is 2.19. The lowest BCUT2D eigenvalue weighted by atomic mass is 10.1. The zero-order valence-corrected chi connectivity index (χ0v) is 9.46. The maximum Gasteiger partial charge on any atom is 0.0525 e. The Bertz CT molecular complexity index is 549. The van der Waals surface area contributed by atoms with Crippen LogP contribution in [0.4, 0.5) is 0 Å². The third-order valence-electron chi connectivity index (χ3n) is 2.74. The van der Waals surface area contributed by atoms with E-state index in [1.807, 2.05) is 19.2 Å². The normalized spacial score (nSPS) is 12.4. The number of hydrogen-bond donors (Lipinski definition) is 0. The van der Waals surface area contributed by atoms with E-state index in [1.54, 1.807) is 0 Å². The van der Waals surface area contributed by atoms with Crippen molar-refractivity contribution in [2.24, 2.45) is 5.11 Å². The fraction of sp³-hybridized carbons (Fsp3) is 0.333. The molecule has 1 aromatic carbocycles. The first kappa shape index (κ1) is 10.6. The predicted octanol–water partition coefficient (Wildman–Crippen LogP) is 3.65. The van der Waals surface area contributed by atoms with Gasteiger partial charge in [0.1, 0.15) is 0 Å². The van der Waals surface area contributed by atoms with E-state index in [4.69, 9.17) is 5.53 Å². The fourth-order valence-corrected chi connectivity index (χ4v) is 1.95. The van der Waals surface area contributed by atoms with Crippen LogP contribution in [0.1, 0.15) is 12.5 Å². The molecule has 1 heterocycles. The molecule has 4 nitrogen and oxygen atoms in total. The molecule has 1 aromatic heterocycles. The standard InChI is InChI=1S/C12H14N4/c1-9-4-3-5-12-11(9)6-7-16(12)8-10(2)14-15-13/h3-7,10H,8H2,1-2H3. The largest absolute Gasteiger partial charge is 0.347 e. The average molecular weight is 214 g/mol. The van der Waals surface area contributed by atoms with Crippen LogP contribution < -0.4 is 0 Å². The van der Waals surface area contributed by atoms with E-state index < -0.39 is 0 Å². The number of aryl methyl sites for hydroxylation is 1. The summed E-state index contributed by atoms with van der Waals surface area (Å²) in [4.78, 5) is 2.83. The number of aromatic nitrogens is 1. The van der Waals surface area contributed by atoms with Crippen LogP contribution in [0.25, 0.3) is 21.3 Å². The maximum atomic E-state index is 8.37. The molecule has 1 unspecified atom stereocenters. The zero-order chi connectivity index (χ0) is 11.5. The number of azide groups is 1. The Morgan fingerprint density at radius 2 is 2.25 bits per heavy atom. The monoisotopic (exact) mass is 214 g/mol. The molecule has 0 spiro atoms. The summed E-state index contributed by atoms with van der Waals surface area (Å²) in [5, 5.41) is 4.95. The topological polar surface area (TPSA) is 53.7 Å². The first-order valence-electron chi connectivity index (χ1n) is 5.31. The molecule has 0 amide bonds. The number of hydrogen-bond acceptors (Lipinski definition) is 1. The highest BCUT2D eigenvalue weighted by Gasteiger charge is 2.05. The molecule has 2 aromatic rings. The van der Waals surface area contributed by atoms with Crippen molar-refractivity contribution in [3.05, 3.63) is 46.5 Å². The van der Waals surface area contributed by atoms with E-state index in [2.05, 4.69) is 39.7 Å². The molecular formula is C12H14N4. The molecule has 0 aliphatic rings. The molecular weight excluding hydrogens is 200 g/mol. The van der Waals surface area contributed by atoms with Crippen molar-refractivity contribution >= 4 is 10.9 Å². The SMILES string of the molecule is Cc1cccc2c1ccn2CC(C)N=[N+]=[N-]. The van der Waals surface area contributed by atoms with Crippen LogP contribution in [-0.4, -0.2) is 10.6 Å². The summed E-state index contributed by atoms with van der Waals surface area (Å²) in [5.41, 5.74) is 10.8. The van der Waals surface area contributed by atoms with E-state index in [0.29, 0.717) is 0 Å². The van der Waals surface area contributed by atoms with Gasteiger partial charge in [-0.25, -0.2) is 0 Å². The Morgan fingerprint density at radius 3 is 3.00 bits per heavy atom. The summed E-state index contributed by atoms with van der Waals surface area (Å²) in [5.74, 6) is 0. The van der Waals surface area contributed by atoms with Gasteiger partial charge in [-0.3, -0.25) is 0 Å². The van der Waals surface area contributed by atoms with Gasteiger partial charge in [0.25, 0.3) is 0 Å². The van der Waals surface area contributed by atoms with Gasteiger partial charge in [0.2, 0.25) is 0 Å². The molecule has 0 aliphatic carbocycles. The number of benzene rings is 1. The van der Waals surface area contributed by atoms with Crippen LogP contribution >= 0.6 is 0 Å². The minimum Gasteiger partial charge on any atom is -0.347 e. The van der Waals surface area contributed by atoms with Crippen molar-refractivity contribution in [3.8, 4) is 0 Å². The van der Waals surface area contributed by atoms with E-state index in [1.165, 1.54) is 16.5 Å². The minimum atomic E-state index is -0.0267. The number of rotatable bonds is 3. The molecule has 16 heavy (non-hydrogen) atoms. The van der Waals surface area contributed by atoms with Gasteiger partial charge >= 0.3 is 0 Å². The molecule has 0 saturated heterocycles. The van der Waals surface area contributed by atoms with Gasteiger partial charge in [-0.2, -0.15) is 0 Å². The smallest absolute Gasteiger partial charge is 0.0525 e. The average Bonchev–Trinajstić information content (AvgIpc) is 2.64. The second-order valence-corrected chi connectivity index (χ2v) is 4.03. The van der Waals surface area contributed by atoms with Crippen LogP contribution in [0.2, 0.25) is 0 Å². The van der Waals surface area contributed by atoms with E-state index >= 15 is 0 Å². The Labute approximate surface area is 94.1 Å². The van der Waals surface area contributed by atoms with Crippen LogP contribution in [-0.2, 0) is 6.54 Å². The van der Waals surface area contributed by atoms with Crippen molar-refractivity contribution in [1.29, 1.82) is 0 Å². The van der Waals surface area contributed by atoms with Crippen molar-refractivity contribution in [1.82, 2.24) is 4.57 Å². The Balaban J connectivity index is 2.39. The van der Waals surface area contributed by atoms with Gasteiger partial charge in [-0.05, 0) is 30.2 Å². The van der Waals surface area contributed by atoms with E-state index in [0.717, 1.165) is 6.54 Å². The molecule has 0 N–H and O–H groups in total.